The molecule has 0 spiro atoms. The standard InChI is InChI=1S/C30H50O7/c1-25(2)13-18-17-8-9-19-26(3,11-10-24(35)36)20(28(5,37)16-31)12-21(32)30(19,7)29(17,6)23(34)15-27(18,4)22(33)14-25/h8-9,17-23,31-34,37H,10-16H2,1-7H3,(H,35,36)/t17?,18-,19-,20-,21-,22+,23+,26-,27-,28+,29+,30+/m1/s1. The van der Waals surface area contributed by atoms with Crippen molar-refractivity contribution in [3.8, 4) is 0 Å². The van der Waals surface area contributed by atoms with Gasteiger partial charge in [0.15, 0.2) is 0 Å². The van der Waals surface area contributed by atoms with Crippen LogP contribution in [0.4, 0.5) is 0 Å². The molecule has 0 aliphatic heterocycles. The third kappa shape index (κ3) is 3.89. The van der Waals surface area contributed by atoms with Gasteiger partial charge in [-0.2, -0.15) is 0 Å². The molecule has 0 radical (unpaired) electrons. The van der Waals surface area contributed by atoms with Gasteiger partial charge in [-0.15, -0.1) is 0 Å². The van der Waals surface area contributed by atoms with Crippen molar-refractivity contribution in [1.82, 2.24) is 0 Å². The number of aliphatic carboxylic acids is 1. The molecule has 3 saturated carbocycles. The Labute approximate surface area is 222 Å². The maximum Gasteiger partial charge on any atom is 0.303 e. The van der Waals surface area contributed by atoms with E-state index in [0.29, 0.717) is 12.8 Å². The Morgan fingerprint density at radius 3 is 2.11 bits per heavy atom. The van der Waals surface area contributed by atoms with Crippen LogP contribution in [0.15, 0.2) is 12.2 Å². The van der Waals surface area contributed by atoms with E-state index in [1.807, 2.05) is 13.8 Å². The van der Waals surface area contributed by atoms with Crippen LogP contribution < -0.4 is 0 Å². The van der Waals surface area contributed by atoms with Crippen LogP contribution >= 0.6 is 0 Å². The van der Waals surface area contributed by atoms with E-state index in [1.165, 1.54) is 0 Å². The smallest absolute Gasteiger partial charge is 0.303 e. The lowest BCUT2D eigenvalue weighted by atomic mass is 9.33. The number of rotatable bonds is 5. The highest BCUT2D eigenvalue weighted by Crippen LogP contribution is 2.74. The largest absolute Gasteiger partial charge is 0.481 e. The number of hydrogen-bond acceptors (Lipinski definition) is 6. The lowest BCUT2D eigenvalue weighted by Crippen LogP contribution is -2.73. The van der Waals surface area contributed by atoms with Crippen LogP contribution in [0.3, 0.4) is 0 Å². The summed E-state index contributed by atoms with van der Waals surface area (Å²) in [5.41, 5.74) is -4.28. The zero-order chi connectivity index (χ0) is 28.0. The van der Waals surface area contributed by atoms with Crippen LogP contribution in [0.5, 0.6) is 0 Å². The number of carboxylic acids is 1. The lowest BCUT2D eigenvalue weighted by Gasteiger charge is -2.73. The molecule has 1 unspecified atom stereocenters. The first-order valence-electron chi connectivity index (χ1n) is 14.1. The molecule has 0 amide bonds. The van der Waals surface area contributed by atoms with Crippen LogP contribution in [-0.4, -0.2) is 67.1 Å². The summed E-state index contributed by atoms with van der Waals surface area (Å²) in [5, 5.41) is 66.1. The molecule has 7 heteroatoms. The molecule has 4 aliphatic rings. The lowest BCUT2D eigenvalue weighted by molar-refractivity contribution is -0.285. The van der Waals surface area contributed by atoms with Crippen LogP contribution in [0.2, 0.25) is 0 Å². The van der Waals surface area contributed by atoms with Crippen LogP contribution in [0.1, 0.15) is 87.0 Å². The van der Waals surface area contributed by atoms with Crippen LogP contribution in [-0.2, 0) is 4.79 Å². The van der Waals surface area contributed by atoms with Gasteiger partial charge in [-0.1, -0.05) is 53.7 Å². The highest BCUT2D eigenvalue weighted by Gasteiger charge is 2.73. The Bertz CT molecular complexity index is 944. The SMILES string of the molecule is CC1(C)C[C@@H]2C3C=C[C@@H]4[C@@](C)(CCC(=O)O)[C@H]([C@@](C)(O)CO)C[C@@H](O)[C@@]4(C)[C@]3(C)[C@@H](O)C[C@@]2(C)[C@@H](O)C1. The highest BCUT2D eigenvalue weighted by atomic mass is 16.4. The van der Waals surface area contributed by atoms with Crippen molar-refractivity contribution in [2.75, 3.05) is 6.61 Å². The Kier molecular flexibility index (Phi) is 6.86. The average Bonchev–Trinajstić information content (AvgIpc) is 2.78. The summed E-state index contributed by atoms with van der Waals surface area (Å²) in [7, 11) is 0. The normalized spacial score (nSPS) is 52.4. The minimum Gasteiger partial charge on any atom is -0.481 e. The van der Waals surface area contributed by atoms with Gasteiger partial charge in [-0.25, -0.2) is 0 Å². The fourth-order valence-electron chi connectivity index (χ4n) is 10.0. The van der Waals surface area contributed by atoms with Gasteiger partial charge in [0.25, 0.3) is 0 Å². The first-order valence-corrected chi connectivity index (χ1v) is 14.1. The molecule has 0 heterocycles. The average molecular weight is 523 g/mol. The maximum atomic E-state index is 12.0. The molecule has 7 nitrogen and oxygen atoms in total. The fourth-order valence-corrected chi connectivity index (χ4v) is 10.0. The van der Waals surface area contributed by atoms with E-state index >= 15 is 0 Å². The molecule has 0 aromatic carbocycles. The monoisotopic (exact) mass is 522 g/mol. The molecule has 37 heavy (non-hydrogen) atoms. The van der Waals surface area contributed by atoms with Crippen molar-refractivity contribution >= 4 is 5.97 Å². The van der Waals surface area contributed by atoms with Gasteiger partial charge in [-0.05, 0) is 78.9 Å². The number of fused-ring (bicyclic) bond motifs is 5. The number of aliphatic hydroxyl groups is 5. The van der Waals surface area contributed by atoms with Gasteiger partial charge in [-0.3, -0.25) is 4.79 Å². The number of aliphatic hydroxyl groups excluding tert-OH is 4. The van der Waals surface area contributed by atoms with E-state index in [4.69, 9.17) is 0 Å². The zero-order valence-corrected chi connectivity index (χ0v) is 23.7. The predicted molar refractivity (Wildman–Crippen MR) is 140 cm³/mol. The molecule has 4 rings (SSSR count). The fraction of sp³-hybridized carbons (Fsp3) is 0.900. The number of hydrogen-bond donors (Lipinski definition) is 6. The summed E-state index contributed by atoms with van der Waals surface area (Å²) < 4.78 is 0. The maximum absolute atomic E-state index is 12.0. The van der Waals surface area contributed by atoms with E-state index in [-0.39, 0.29) is 42.4 Å². The first-order chi connectivity index (χ1) is 16.8. The molecular weight excluding hydrogens is 472 g/mol. The van der Waals surface area contributed by atoms with Crippen LogP contribution in [0, 0.1) is 50.7 Å². The molecule has 0 aromatic rings. The topological polar surface area (TPSA) is 138 Å². The van der Waals surface area contributed by atoms with E-state index in [1.54, 1.807) is 6.92 Å². The predicted octanol–water partition coefficient (Wildman–Crippen LogP) is 3.36. The summed E-state index contributed by atoms with van der Waals surface area (Å²) in [6, 6.07) is 0. The van der Waals surface area contributed by atoms with E-state index in [0.717, 1.165) is 6.42 Å². The summed E-state index contributed by atoms with van der Waals surface area (Å²) in [6.45, 7) is 13.7. The summed E-state index contributed by atoms with van der Waals surface area (Å²) in [6.07, 6.45) is 4.54. The third-order valence-electron chi connectivity index (χ3n) is 12.5. The Hall–Kier alpha value is -0.990. The second-order valence-electron chi connectivity index (χ2n) is 15.1. The first kappa shape index (κ1) is 29.0. The van der Waals surface area contributed by atoms with Crippen molar-refractivity contribution in [1.29, 1.82) is 0 Å². The van der Waals surface area contributed by atoms with E-state index < -0.39 is 64.1 Å². The Balaban J connectivity index is 1.90. The second kappa shape index (κ2) is 8.76. The van der Waals surface area contributed by atoms with Crippen molar-refractivity contribution in [2.24, 2.45) is 50.7 Å². The molecule has 0 bridgehead atoms. The number of allylic oxidation sites excluding steroid dienone is 2. The van der Waals surface area contributed by atoms with Gasteiger partial charge < -0.3 is 30.6 Å². The van der Waals surface area contributed by atoms with Crippen molar-refractivity contribution in [3.05, 3.63) is 12.2 Å². The summed E-state index contributed by atoms with van der Waals surface area (Å²) >= 11 is 0. The molecule has 0 aromatic heterocycles. The summed E-state index contributed by atoms with van der Waals surface area (Å²) in [5.74, 6) is -1.75. The molecule has 212 valence electrons. The van der Waals surface area contributed by atoms with Crippen LogP contribution in [0.25, 0.3) is 0 Å². The Morgan fingerprint density at radius 1 is 0.919 bits per heavy atom. The van der Waals surface area contributed by atoms with Crippen molar-refractivity contribution in [2.45, 2.75) is 111 Å². The highest BCUT2D eigenvalue weighted by molar-refractivity contribution is 5.66. The third-order valence-corrected chi connectivity index (χ3v) is 12.5. The molecule has 6 N–H and O–H groups in total. The summed E-state index contributed by atoms with van der Waals surface area (Å²) in [4.78, 5) is 11.7. The van der Waals surface area contributed by atoms with E-state index in [9.17, 15) is 35.4 Å². The van der Waals surface area contributed by atoms with Gasteiger partial charge in [0.1, 0.15) is 0 Å². The van der Waals surface area contributed by atoms with E-state index in [2.05, 4.69) is 39.8 Å². The minimum absolute atomic E-state index is 0.0511. The Morgan fingerprint density at radius 2 is 1.54 bits per heavy atom. The van der Waals surface area contributed by atoms with Crippen molar-refractivity contribution in [3.63, 3.8) is 0 Å². The van der Waals surface area contributed by atoms with Gasteiger partial charge in [0.2, 0.25) is 0 Å². The second-order valence-corrected chi connectivity index (χ2v) is 15.1. The minimum atomic E-state index is -1.50. The molecular formula is C30H50O7. The molecule has 0 saturated heterocycles. The van der Waals surface area contributed by atoms with Gasteiger partial charge >= 0.3 is 5.97 Å². The molecule has 3 fully saturated rings. The quantitative estimate of drug-likeness (QED) is 0.304. The number of carbonyl (C=O) groups is 1. The van der Waals surface area contributed by atoms with Gasteiger partial charge in [0, 0.05) is 17.3 Å². The molecule has 12 atom stereocenters. The zero-order valence-electron chi connectivity index (χ0n) is 23.7. The van der Waals surface area contributed by atoms with Crippen molar-refractivity contribution < 1.29 is 35.4 Å². The van der Waals surface area contributed by atoms with Gasteiger partial charge in [0.05, 0.1) is 30.5 Å². The molecule has 4 aliphatic carbocycles. The number of carboxylic acid groups (broad SMARTS) is 1.